The Morgan fingerprint density at radius 3 is 2.60 bits per heavy atom. The van der Waals surface area contributed by atoms with Crippen LogP contribution in [0, 0.1) is 0 Å². The van der Waals surface area contributed by atoms with Gasteiger partial charge in [-0.3, -0.25) is 4.98 Å². The maximum atomic E-state index is 5.65. The molecule has 0 fully saturated rings. The van der Waals surface area contributed by atoms with E-state index in [-0.39, 0.29) is 6.04 Å². The van der Waals surface area contributed by atoms with Crippen LogP contribution < -0.4 is 5.73 Å². The van der Waals surface area contributed by atoms with Gasteiger partial charge in [-0.2, -0.15) is 0 Å². The summed E-state index contributed by atoms with van der Waals surface area (Å²) in [6, 6.07) is 3.70. The molecule has 0 saturated carbocycles. The van der Waals surface area contributed by atoms with Crippen molar-refractivity contribution >= 4 is 0 Å². The van der Waals surface area contributed by atoms with Gasteiger partial charge in [0.25, 0.3) is 0 Å². The zero-order valence-electron chi connectivity index (χ0n) is 5.70. The molecule has 0 aliphatic rings. The molecule has 1 atom stereocenters. The van der Waals surface area contributed by atoms with E-state index in [4.69, 9.17) is 5.73 Å². The summed E-state index contributed by atoms with van der Waals surface area (Å²) in [6.45, 7) is 3.59. The van der Waals surface area contributed by atoms with E-state index in [1.165, 1.54) is 0 Å². The molecule has 52 valence electrons. The molecule has 1 aromatic rings. The SMILES string of the molecule is C=CC(N)c1ccncc1. The third kappa shape index (κ3) is 1.42. The quantitative estimate of drug-likeness (QED) is 0.618. The molecule has 0 aromatic carbocycles. The third-order valence-corrected chi connectivity index (χ3v) is 1.34. The van der Waals surface area contributed by atoms with E-state index in [0.29, 0.717) is 0 Å². The number of rotatable bonds is 2. The summed E-state index contributed by atoms with van der Waals surface area (Å²) in [5.41, 5.74) is 6.69. The van der Waals surface area contributed by atoms with Gasteiger partial charge in [0.2, 0.25) is 0 Å². The van der Waals surface area contributed by atoms with Crippen molar-refractivity contribution in [3.05, 3.63) is 42.7 Å². The minimum atomic E-state index is -0.0667. The first-order chi connectivity index (χ1) is 4.84. The van der Waals surface area contributed by atoms with Crippen molar-refractivity contribution in [2.75, 3.05) is 0 Å². The Hall–Kier alpha value is -1.15. The minimum absolute atomic E-state index is 0.0667. The third-order valence-electron chi connectivity index (χ3n) is 1.34. The van der Waals surface area contributed by atoms with Crippen LogP contribution in [0.4, 0.5) is 0 Å². The Labute approximate surface area is 60.4 Å². The highest BCUT2D eigenvalue weighted by atomic mass is 14.6. The number of nitrogens with two attached hydrogens (primary N) is 1. The standard InChI is InChI=1S/C8H10N2/c1-2-8(9)7-3-5-10-6-4-7/h2-6,8H,1,9H2. The molecule has 1 aromatic heterocycles. The predicted molar refractivity (Wildman–Crippen MR) is 41.4 cm³/mol. The summed E-state index contributed by atoms with van der Waals surface area (Å²) in [5, 5.41) is 0. The molecular weight excluding hydrogens is 124 g/mol. The zero-order valence-corrected chi connectivity index (χ0v) is 5.70. The average molecular weight is 134 g/mol. The second kappa shape index (κ2) is 3.13. The molecule has 1 unspecified atom stereocenters. The van der Waals surface area contributed by atoms with Crippen LogP contribution >= 0.6 is 0 Å². The Balaban J connectivity index is 2.84. The van der Waals surface area contributed by atoms with Crippen molar-refractivity contribution in [3.63, 3.8) is 0 Å². The van der Waals surface area contributed by atoms with Crippen LogP contribution in [0.2, 0.25) is 0 Å². The first-order valence-electron chi connectivity index (χ1n) is 3.12. The summed E-state index contributed by atoms with van der Waals surface area (Å²) in [4.78, 5) is 3.87. The number of hydrogen-bond donors (Lipinski definition) is 1. The molecule has 1 heterocycles. The maximum absolute atomic E-state index is 5.65. The van der Waals surface area contributed by atoms with E-state index in [0.717, 1.165) is 5.56 Å². The first-order valence-corrected chi connectivity index (χ1v) is 3.12. The van der Waals surface area contributed by atoms with Gasteiger partial charge >= 0.3 is 0 Å². The molecular formula is C8H10N2. The van der Waals surface area contributed by atoms with Crippen molar-refractivity contribution in [2.24, 2.45) is 5.73 Å². The van der Waals surface area contributed by atoms with E-state index in [9.17, 15) is 0 Å². The molecule has 0 aliphatic carbocycles. The monoisotopic (exact) mass is 134 g/mol. The highest BCUT2D eigenvalue weighted by Crippen LogP contribution is 2.07. The van der Waals surface area contributed by atoms with E-state index in [1.54, 1.807) is 18.5 Å². The highest BCUT2D eigenvalue weighted by molar-refractivity contribution is 5.18. The van der Waals surface area contributed by atoms with Crippen LogP contribution in [-0.2, 0) is 0 Å². The van der Waals surface area contributed by atoms with Gasteiger partial charge in [0.1, 0.15) is 0 Å². The van der Waals surface area contributed by atoms with Crippen molar-refractivity contribution < 1.29 is 0 Å². The normalized spacial score (nSPS) is 12.5. The van der Waals surface area contributed by atoms with E-state index in [1.807, 2.05) is 12.1 Å². The summed E-state index contributed by atoms with van der Waals surface area (Å²) in [7, 11) is 0. The lowest BCUT2D eigenvalue weighted by molar-refractivity contribution is 0.910. The summed E-state index contributed by atoms with van der Waals surface area (Å²) in [6.07, 6.45) is 5.15. The van der Waals surface area contributed by atoms with Gasteiger partial charge in [-0.15, -0.1) is 6.58 Å². The molecule has 0 aliphatic heterocycles. The predicted octanol–water partition coefficient (Wildman–Crippen LogP) is 1.27. The fourth-order valence-corrected chi connectivity index (χ4v) is 0.722. The Morgan fingerprint density at radius 2 is 2.10 bits per heavy atom. The maximum Gasteiger partial charge on any atom is 0.0479 e. The summed E-state index contributed by atoms with van der Waals surface area (Å²) in [5.74, 6) is 0. The van der Waals surface area contributed by atoms with Crippen LogP contribution in [0.25, 0.3) is 0 Å². The van der Waals surface area contributed by atoms with Gasteiger partial charge in [0.05, 0.1) is 0 Å². The fourth-order valence-electron chi connectivity index (χ4n) is 0.722. The summed E-state index contributed by atoms with van der Waals surface area (Å²) >= 11 is 0. The van der Waals surface area contributed by atoms with Crippen molar-refractivity contribution in [1.82, 2.24) is 4.98 Å². The van der Waals surface area contributed by atoms with Gasteiger partial charge in [-0.05, 0) is 17.7 Å². The van der Waals surface area contributed by atoms with Gasteiger partial charge in [0.15, 0.2) is 0 Å². The van der Waals surface area contributed by atoms with Crippen LogP contribution in [0.3, 0.4) is 0 Å². The molecule has 2 nitrogen and oxygen atoms in total. The van der Waals surface area contributed by atoms with Crippen LogP contribution in [0.1, 0.15) is 11.6 Å². The van der Waals surface area contributed by atoms with Crippen molar-refractivity contribution in [2.45, 2.75) is 6.04 Å². The number of nitrogens with zero attached hydrogens (tertiary/aromatic N) is 1. The zero-order chi connectivity index (χ0) is 7.40. The van der Waals surface area contributed by atoms with Crippen LogP contribution in [0.5, 0.6) is 0 Å². The highest BCUT2D eigenvalue weighted by Gasteiger charge is 1.96. The van der Waals surface area contributed by atoms with Gasteiger partial charge in [0, 0.05) is 18.4 Å². The Kier molecular flexibility index (Phi) is 2.18. The fraction of sp³-hybridized carbons (Fsp3) is 0.125. The van der Waals surface area contributed by atoms with Crippen LogP contribution in [-0.4, -0.2) is 4.98 Å². The molecule has 2 heteroatoms. The molecule has 0 radical (unpaired) electrons. The molecule has 10 heavy (non-hydrogen) atoms. The molecule has 2 N–H and O–H groups in total. The smallest absolute Gasteiger partial charge is 0.0479 e. The molecule has 0 amide bonds. The van der Waals surface area contributed by atoms with Gasteiger partial charge in [-0.1, -0.05) is 6.08 Å². The number of hydrogen-bond acceptors (Lipinski definition) is 2. The van der Waals surface area contributed by atoms with Gasteiger partial charge in [-0.25, -0.2) is 0 Å². The van der Waals surface area contributed by atoms with E-state index < -0.39 is 0 Å². The van der Waals surface area contributed by atoms with Crippen molar-refractivity contribution in [1.29, 1.82) is 0 Å². The minimum Gasteiger partial charge on any atom is -0.321 e. The Morgan fingerprint density at radius 1 is 1.50 bits per heavy atom. The second-order valence-corrected chi connectivity index (χ2v) is 2.04. The molecule has 0 saturated heterocycles. The van der Waals surface area contributed by atoms with E-state index >= 15 is 0 Å². The van der Waals surface area contributed by atoms with Gasteiger partial charge < -0.3 is 5.73 Å². The molecule has 0 spiro atoms. The lowest BCUT2D eigenvalue weighted by Crippen LogP contribution is -2.05. The topological polar surface area (TPSA) is 38.9 Å². The lowest BCUT2D eigenvalue weighted by Gasteiger charge is -2.03. The molecule has 1 rings (SSSR count). The first kappa shape index (κ1) is 6.96. The number of pyridine rings is 1. The van der Waals surface area contributed by atoms with Crippen molar-refractivity contribution in [3.8, 4) is 0 Å². The van der Waals surface area contributed by atoms with E-state index in [2.05, 4.69) is 11.6 Å². The summed E-state index contributed by atoms with van der Waals surface area (Å²) < 4.78 is 0. The second-order valence-electron chi connectivity index (χ2n) is 2.04. The average Bonchev–Trinajstić information content (AvgIpc) is 2.05. The molecule has 0 bridgehead atoms. The largest absolute Gasteiger partial charge is 0.321 e. The van der Waals surface area contributed by atoms with Crippen LogP contribution in [0.15, 0.2) is 37.2 Å². The Bertz CT molecular complexity index is 206. The number of aromatic nitrogens is 1. The lowest BCUT2D eigenvalue weighted by atomic mass is 10.1.